The molecular weight excluding hydrogens is 374 g/mol. The summed E-state index contributed by atoms with van der Waals surface area (Å²) in [5.74, 6) is 1.47. The number of fused-ring (bicyclic) bond motifs is 1. The summed E-state index contributed by atoms with van der Waals surface area (Å²) in [5.41, 5.74) is 2.28. The minimum absolute atomic E-state index is 0.585. The van der Waals surface area contributed by atoms with Crippen LogP contribution in [0.1, 0.15) is 19.2 Å². The molecule has 0 aliphatic heterocycles. The van der Waals surface area contributed by atoms with Gasteiger partial charge in [-0.1, -0.05) is 18.5 Å². The van der Waals surface area contributed by atoms with Crippen LogP contribution in [0.3, 0.4) is 0 Å². The summed E-state index contributed by atoms with van der Waals surface area (Å²) >= 11 is 10.8. The van der Waals surface area contributed by atoms with E-state index in [4.69, 9.17) is 11.6 Å². The highest BCUT2D eigenvalue weighted by atomic mass is 79.9. The molecule has 1 N–H and O–H groups in total. The molecule has 0 saturated carbocycles. The van der Waals surface area contributed by atoms with Gasteiger partial charge in [0, 0.05) is 12.5 Å². The lowest BCUT2D eigenvalue weighted by Crippen LogP contribution is -2.01. The van der Waals surface area contributed by atoms with E-state index in [1.54, 1.807) is 6.07 Å². The molecule has 21 heavy (non-hydrogen) atoms. The van der Waals surface area contributed by atoms with E-state index in [1.807, 2.05) is 12.1 Å². The van der Waals surface area contributed by atoms with Crippen LogP contribution in [0, 0.1) is 0 Å². The molecule has 0 spiro atoms. The van der Waals surface area contributed by atoms with Gasteiger partial charge in [0.1, 0.15) is 27.3 Å². The van der Waals surface area contributed by atoms with Gasteiger partial charge in [0.25, 0.3) is 0 Å². The number of nitrogens with zero attached hydrogens (tertiary/aromatic N) is 4. The maximum atomic E-state index is 6.27. The number of nitrogens with one attached hydrogen (secondary N) is 1. The van der Waals surface area contributed by atoms with Crippen LogP contribution in [0.25, 0.3) is 11.0 Å². The van der Waals surface area contributed by atoms with Gasteiger partial charge in [-0.05, 0) is 34.5 Å². The summed E-state index contributed by atoms with van der Waals surface area (Å²) in [6.45, 7) is 2.09. The molecule has 5 nitrogen and oxygen atoms in total. The number of anilines is 2. The number of hydrogen-bond donors (Lipinski definition) is 1. The highest BCUT2D eigenvalue weighted by Gasteiger charge is 2.12. The highest BCUT2D eigenvalue weighted by molar-refractivity contribution is 9.10. The smallest absolute Gasteiger partial charge is 0.135 e. The molecule has 3 aromatic rings. The van der Waals surface area contributed by atoms with E-state index in [9.17, 15) is 0 Å². The molecule has 108 valence electrons. The lowest BCUT2D eigenvalue weighted by atomic mass is 10.2. The highest BCUT2D eigenvalue weighted by Crippen LogP contribution is 2.32. The summed E-state index contributed by atoms with van der Waals surface area (Å²) < 4.78 is 9.24. The SMILES string of the molecule is CCCc1nc(Br)cc(Nc2c(Cl)ccc3nsnc23)n1. The Balaban J connectivity index is 2.02. The van der Waals surface area contributed by atoms with Crippen molar-refractivity contribution in [2.24, 2.45) is 0 Å². The van der Waals surface area contributed by atoms with Gasteiger partial charge >= 0.3 is 0 Å². The molecule has 0 radical (unpaired) electrons. The van der Waals surface area contributed by atoms with Crippen LogP contribution in [0.5, 0.6) is 0 Å². The Hall–Kier alpha value is -1.31. The quantitative estimate of drug-likeness (QED) is 0.666. The van der Waals surface area contributed by atoms with Crippen molar-refractivity contribution in [2.75, 3.05) is 5.32 Å². The Labute approximate surface area is 139 Å². The number of halogens is 2. The summed E-state index contributed by atoms with van der Waals surface area (Å²) in [6, 6.07) is 5.47. The average molecular weight is 385 g/mol. The zero-order chi connectivity index (χ0) is 14.8. The van der Waals surface area contributed by atoms with Crippen LogP contribution in [0.15, 0.2) is 22.8 Å². The lowest BCUT2D eigenvalue weighted by molar-refractivity contribution is 0.831. The van der Waals surface area contributed by atoms with E-state index >= 15 is 0 Å². The van der Waals surface area contributed by atoms with Crippen LogP contribution in [0.4, 0.5) is 11.5 Å². The third-order valence-corrected chi connectivity index (χ3v) is 4.11. The third-order valence-electron chi connectivity index (χ3n) is 2.84. The summed E-state index contributed by atoms with van der Waals surface area (Å²) in [5, 5.41) is 3.82. The van der Waals surface area contributed by atoms with Crippen LogP contribution < -0.4 is 5.32 Å². The Morgan fingerprint density at radius 3 is 2.95 bits per heavy atom. The summed E-state index contributed by atoms with van der Waals surface area (Å²) in [6.07, 6.45) is 1.81. The molecule has 2 heterocycles. The zero-order valence-corrected chi connectivity index (χ0v) is 14.3. The first-order valence-corrected chi connectivity index (χ1v) is 8.28. The van der Waals surface area contributed by atoms with Crippen LogP contribution in [-0.4, -0.2) is 18.7 Å². The van der Waals surface area contributed by atoms with Gasteiger partial charge in [0.05, 0.1) is 22.4 Å². The van der Waals surface area contributed by atoms with Gasteiger partial charge in [-0.2, -0.15) is 8.75 Å². The van der Waals surface area contributed by atoms with Gasteiger partial charge in [0.15, 0.2) is 0 Å². The largest absolute Gasteiger partial charge is 0.337 e. The fourth-order valence-electron chi connectivity index (χ4n) is 1.94. The van der Waals surface area contributed by atoms with Gasteiger partial charge in [-0.25, -0.2) is 9.97 Å². The third kappa shape index (κ3) is 3.14. The van der Waals surface area contributed by atoms with E-state index in [1.165, 1.54) is 0 Å². The van der Waals surface area contributed by atoms with E-state index in [2.05, 4.69) is 46.9 Å². The second-order valence-electron chi connectivity index (χ2n) is 4.42. The molecule has 0 unspecified atom stereocenters. The molecule has 0 atom stereocenters. The predicted octanol–water partition coefficient (Wildman–Crippen LogP) is 4.59. The van der Waals surface area contributed by atoms with E-state index in [0.29, 0.717) is 10.8 Å². The molecular formula is C13H11BrClN5S. The van der Waals surface area contributed by atoms with Gasteiger partial charge in [-0.3, -0.25) is 0 Å². The first kappa shape index (κ1) is 14.6. The Kier molecular flexibility index (Phi) is 4.32. The van der Waals surface area contributed by atoms with Crippen molar-refractivity contribution < 1.29 is 0 Å². The normalized spacial score (nSPS) is 11.0. The Morgan fingerprint density at radius 1 is 1.29 bits per heavy atom. The average Bonchev–Trinajstić information content (AvgIpc) is 2.90. The number of hydrogen-bond acceptors (Lipinski definition) is 6. The van der Waals surface area contributed by atoms with Crippen LogP contribution in [-0.2, 0) is 6.42 Å². The van der Waals surface area contributed by atoms with Crippen molar-refractivity contribution >= 4 is 61.8 Å². The maximum absolute atomic E-state index is 6.27. The standard InChI is InChI=1S/C13H11BrClN5S/c1-2-3-10-16-9(14)6-11(17-10)18-12-7(15)4-5-8-13(12)20-21-19-8/h4-6H,2-3H2,1H3,(H,16,17,18). The van der Waals surface area contributed by atoms with Gasteiger partial charge in [0.2, 0.25) is 0 Å². The van der Waals surface area contributed by atoms with E-state index in [0.717, 1.165) is 51.7 Å². The monoisotopic (exact) mass is 383 g/mol. The van der Waals surface area contributed by atoms with Gasteiger partial charge in [-0.15, -0.1) is 0 Å². The molecule has 0 aliphatic carbocycles. The molecule has 0 aliphatic rings. The molecule has 3 rings (SSSR count). The van der Waals surface area contributed by atoms with E-state index in [-0.39, 0.29) is 0 Å². The first-order valence-electron chi connectivity index (χ1n) is 6.38. The van der Waals surface area contributed by atoms with Crippen molar-refractivity contribution in [3.63, 3.8) is 0 Å². The zero-order valence-electron chi connectivity index (χ0n) is 11.1. The molecule has 0 bridgehead atoms. The number of aryl methyl sites for hydroxylation is 1. The van der Waals surface area contributed by atoms with Crippen molar-refractivity contribution in [1.82, 2.24) is 18.7 Å². The number of aromatic nitrogens is 4. The number of rotatable bonds is 4. The van der Waals surface area contributed by atoms with E-state index < -0.39 is 0 Å². The minimum Gasteiger partial charge on any atom is -0.337 e. The van der Waals surface area contributed by atoms with Crippen molar-refractivity contribution in [3.05, 3.63) is 33.6 Å². The number of benzene rings is 1. The molecule has 8 heteroatoms. The predicted molar refractivity (Wildman–Crippen MR) is 89.4 cm³/mol. The first-order chi connectivity index (χ1) is 10.2. The molecule has 2 aromatic heterocycles. The van der Waals surface area contributed by atoms with Crippen molar-refractivity contribution in [2.45, 2.75) is 19.8 Å². The fraction of sp³-hybridized carbons (Fsp3) is 0.231. The topological polar surface area (TPSA) is 63.6 Å². The van der Waals surface area contributed by atoms with Crippen LogP contribution >= 0.6 is 39.3 Å². The Bertz CT molecular complexity index is 791. The van der Waals surface area contributed by atoms with Crippen molar-refractivity contribution in [1.29, 1.82) is 0 Å². The molecule has 1 aromatic carbocycles. The minimum atomic E-state index is 0.585. The molecule has 0 saturated heterocycles. The van der Waals surface area contributed by atoms with Gasteiger partial charge < -0.3 is 5.32 Å². The second kappa shape index (κ2) is 6.21. The summed E-state index contributed by atoms with van der Waals surface area (Å²) in [7, 11) is 0. The fourth-order valence-corrected chi connectivity index (χ4v) is 3.10. The Morgan fingerprint density at radius 2 is 2.14 bits per heavy atom. The maximum Gasteiger partial charge on any atom is 0.135 e. The van der Waals surface area contributed by atoms with Crippen LogP contribution in [0.2, 0.25) is 5.02 Å². The van der Waals surface area contributed by atoms with Crippen molar-refractivity contribution in [3.8, 4) is 0 Å². The molecule has 0 amide bonds. The lowest BCUT2D eigenvalue weighted by Gasteiger charge is -2.09. The summed E-state index contributed by atoms with van der Waals surface area (Å²) in [4.78, 5) is 8.84. The second-order valence-corrected chi connectivity index (χ2v) is 6.17. The molecule has 0 fully saturated rings.